The first-order valence-electron chi connectivity index (χ1n) is 7.80. The fourth-order valence-electron chi connectivity index (χ4n) is 2.52. The van der Waals surface area contributed by atoms with Crippen molar-refractivity contribution in [3.8, 4) is 5.75 Å². The van der Waals surface area contributed by atoms with Gasteiger partial charge in [-0.15, -0.1) is 0 Å². The van der Waals surface area contributed by atoms with Crippen molar-refractivity contribution in [3.63, 3.8) is 0 Å². The molecule has 0 aliphatic heterocycles. The third-order valence-corrected chi connectivity index (χ3v) is 3.93. The fraction of sp³-hybridized carbons (Fsp3) is 0.588. The second kappa shape index (κ2) is 7.46. The van der Waals surface area contributed by atoms with Crippen LogP contribution in [0.3, 0.4) is 0 Å². The lowest BCUT2D eigenvalue weighted by Gasteiger charge is -2.26. The molecule has 21 heavy (non-hydrogen) atoms. The Labute approximate surface area is 127 Å². The smallest absolute Gasteiger partial charge is 0.227 e. The molecule has 0 aromatic heterocycles. The van der Waals surface area contributed by atoms with Gasteiger partial charge in [0, 0.05) is 30.6 Å². The van der Waals surface area contributed by atoms with Crippen LogP contribution < -0.4 is 10.1 Å². The molecule has 2 rings (SSSR count). The Morgan fingerprint density at radius 2 is 2.14 bits per heavy atom. The van der Waals surface area contributed by atoms with Crippen LogP contribution in [0.25, 0.3) is 0 Å². The Morgan fingerprint density at radius 1 is 1.43 bits per heavy atom. The molecule has 1 unspecified atom stereocenters. The van der Waals surface area contributed by atoms with Crippen molar-refractivity contribution in [2.24, 2.45) is 5.92 Å². The van der Waals surface area contributed by atoms with E-state index in [-0.39, 0.29) is 11.8 Å². The van der Waals surface area contributed by atoms with Crippen molar-refractivity contribution < 1.29 is 9.53 Å². The summed E-state index contributed by atoms with van der Waals surface area (Å²) < 4.78 is 5.40. The van der Waals surface area contributed by atoms with Crippen LogP contribution in [0.4, 0.5) is 0 Å². The minimum absolute atomic E-state index is 0.0141. The van der Waals surface area contributed by atoms with Crippen LogP contribution in [-0.2, 0) is 11.3 Å². The summed E-state index contributed by atoms with van der Waals surface area (Å²) in [7, 11) is 1.68. The minimum atomic E-state index is 0.0141. The highest BCUT2D eigenvalue weighted by Crippen LogP contribution is 2.31. The standard InChI is InChI=1S/C17H26N2O2/c1-4-18-11-13(2)17(20)19(15-9-10-15)12-14-7-5-6-8-16(14)21-3/h5-8,13,15,18H,4,9-12H2,1-3H3. The first kappa shape index (κ1) is 15.8. The summed E-state index contributed by atoms with van der Waals surface area (Å²) in [5, 5.41) is 3.26. The van der Waals surface area contributed by atoms with E-state index >= 15 is 0 Å². The van der Waals surface area contributed by atoms with Gasteiger partial charge in [0.05, 0.1) is 7.11 Å². The van der Waals surface area contributed by atoms with Crippen molar-refractivity contribution in [2.75, 3.05) is 20.2 Å². The molecule has 1 atom stereocenters. The van der Waals surface area contributed by atoms with Gasteiger partial charge in [0.2, 0.25) is 5.91 Å². The third-order valence-electron chi connectivity index (χ3n) is 3.93. The minimum Gasteiger partial charge on any atom is -0.496 e. The molecule has 0 heterocycles. The van der Waals surface area contributed by atoms with E-state index in [2.05, 4.69) is 12.2 Å². The maximum absolute atomic E-state index is 12.7. The number of hydrogen-bond acceptors (Lipinski definition) is 3. The third kappa shape index (κ3) is 4.21. The number of nitrogens with one attached hydrogen (secondary N) is 1. The van der Waals surface area contributed by atoms with E-state index in [0.29, 0.717) is 12.6 Å². The van der Waals surface area contributed by atoms with Gasteiger partial charge in [-0.3, -0.25) is 4.79 Å². The molecule has 1 N–H and O–H groups in total. The second-order valence-corrected chi connectivity index (χ2v) is 5.72. The van der Waals surface area contributed by atoms with Crippen LogP contribution in [0.1, 0.15) is 32.3 Å². The zero-order valence-electron chi connectivity index (χ0n) is 13.3. The molecule has 4 nitrogen and oxygen atoms in total. The van der Waals surface area contributed by atoms with Gasteiger partial charge >= 0.3 is 0 Å². The number of benzene rings is 1. The molecule has 4 heteroatoms. The maximum atomic E-state index is 12.7. The molecule has 0 radical (unpaired) electrons. The lowest BCUT2D eigenvalue weighted by Crippen LogP contribution is -2.40. The largest absolute Gasteiger partial charge is 0.496 e. The first-order valence-corrected chi connectivity index (χ1v) is 7.80. The number of nitrogens with zero attached hydrogens (tertiary/aromatic N) is 1. The highest BCUT2D eigenvalue weighted by Gasteiger charge is 2.34. The van der Waals surface area contributed by atoms with Crippen LogP contribution in [0.15, 0.2) is 24.3 Å². The van der Waals surface area contributed by atoms with E-state index in [1.54, 1.807) is 7.11 Å². The number of hydrogen-bond donors (Lipinski definition) is 1. The molecule has 1 aliphatic carbocycles. The van der Waals surface area contributed by atoms with Gasteiger partial charge in [-0.1, -0.05) is 32.0 Å². The molecule has 0 saturated heterocycles. The molecule has 1 aliphatic rings. The molecule has 1 fully saturated rings. The number of ether oxygens (including phenoxy) is 1. The average molecular weight is 290 g/mol. The average Bonchev–Trinajstić information content (AvgIpc) is 3.34. The molecular formula is C17H26N2O2. The fourth-order valence-corrected chi connectivity index (χ4v) is 2.52. The SMILES string of the molecule is CCNCC(C)C(=O)N(Cc1ccccc1OC)C1CC1. The lowest BCUT2D eigenvalue weighted by molar-refractivity contribution is -0.136. The van der Waals surface area contributed by atoms with Gasteiger partial charge in [-0.2, -0.15) is 0 Å². The number of carbonyl (C=O) groups excluding carboxylic acids is 1. The number of methoxy groups -OCH3 is 1. The zero-order chi connectivity index (χ0) is 15.2. The van der Waals surface area contributed by atoms with Crippen LogP contribution in [0, 0.1) is 5.92 Å². The summed E-state index contributed by atoms with van der Waals surface area (Å²) in [6.07, 6.45) is 2.24. The van der Waals surface area contributed by atoms with Crippen molar-refractivity contribution in [3.05, 3.63) is 29.8 Å². The summed E-state index contributed by atoms with van der Waals surface area (Å²) in [5.41, 5.74) is 1.08. The van der Waals surface area contributed by atoms with E-state index in [1.807, 2.05) is 36.1 Å². The highest BCUT2D eigenvalue weighted by atomic mass is 16.5. The Kier molecular flexibility index (Phi) is 5.62. The van der Waals surface area contributed by atoms with Crippen LogP contribution in [0.2, 0.25) is 0 Å². The van der Waals surface area contributed by atoms with Gasteiger partial charge in [0.25, 0.3) is 0 Å². The van der Waals surface area contributed by atoms with Crippen molar-refractivity contribution >= 4 is 5.91 Å². The summed E-state index contributed by atoms with van der Waals surface area (Å²) in [5.74, 6) is 1.11. The van der Waals surface area contributed by atoms with Crippen molar-refractivity contribution in [1.29, 1.82) is 0 Å². The number of amides is 1. The van der Waals surface area contributed by atoms with Crippen molar-refractivity contribution in [1.82, 2.24) is 10.2 Å². The maximum Gasteiger partial charge on any atom is 0.227 e. The van der Waals surface area contributed by atoms with Gasteiger partial charge in [-0.25, -0.2) is 0 Å². The Morgan fingerprint density at radius 3 is 2.76 bits per heavy atom. The van der Waals surface area contributed by atoms with E-state index in [0.717, 1.165) is 37.2 Å². The summed E-state index contributed by atoms with van der Waals surface area (Å²) in [6.45, 7) is 6.34. The zero-order valence-corrected chi connectivity index (χ0v) is 13.3. The van der Waals surface area contributed by atoms with E-state index in [1.165, 1.54) is 0 Å². The molecule has 1 amide bonds. The molecule has 116 valence electrons. The molecule has 1 saturated carbocycles. The molecule has 1 aromatic carbocycles. The van der Waals surface area contributed by atoms with Gasteiger partial charge < -0.3 is 15.0 Å². The molecular weight excluding hydrogens is 264 g/mol. The van der Waals surface area contributed by atoms with E-state index < -0.39 is 0 Å². The monoisotopic (exact) mass is 290 g/mol. The highest BCUT2D eigenvalue weighted by molar-refractivity contribution is 5.79. The number of para-hydroxylation sites is 1. The Bertz CT molecular complexity index is 472. The predicted molar refractivity (Wildman–Crippen MR) is 84.3 cm³/mol. The predicted octanol–water partition coefficient (Wildman–Crippen LogP) is 2.43. The molecule has 0 bridgehead atoms. The number of rotatable bonds is 8. The summed E-state index contributed by atoms with van der Waals surface area (Å²) >= 11 is 0. The topological polar surface area (TPSA) is 41.6 Å². The lowest BCUT2D eigenvalue weighted by atomic mass is 10.1. The Balaban J connectivity index is 2.07. The van der Waals surface area contributed by atoms with Crippen LogP contribution >= 0.6 is 0 Å². The molecule has 1 aromatic rings. The van der Waals surface area contributed by atoms with Gasteiger partial charge in [0.1, 0.15) is 5.75 Å². The number of carbonyl (C=O) groups is 1. The summed E-state index contributed by atoms with van der Waals surface area (Å²) in [4.78, 5) is 14.7. The van der Waals surface area contributed by atoms with Gasteiger partial charge in [-0.05, 0) is 25.5 Å². The first-order chi connectivity index (χ1) is 10.2. The van der Waals surface area contributed by atoms with Gasteiger partial charge in [0.15, 0.2) is 0 Å². The van der Waals surface area contributed by atoms with E-state index in [4.69, 9.17) is 4.74 Å². The molecule has 0 spiro atoms. The van der Waals surface area contributed by atoms with Crippen LogP contribution in [0.5, 0.6) is 5.75 Å². The van der Waals surface area contributed by atoms with Crippen LogP contribution in [-0.4, -0.2) is 37.0 Å². The van der Waals surface area contributed by atoms with Crippen molar-refractivity contribution in [2.45, 2.75) is 39.3 Å². The normalized spacial score (nSPS) is 15.6. The van der Waals surface area contributed by atoms with E-state index in [9.17, 15) is 4.79 Å². The second-order valence-electron chi connectivity index (χ2n) is 5.72. The summed E-state index contributed by atoms with van der Waals surface area (Å²) in [6, 6.07) is 8.35. The Hall–Kier alpha value is -1.55. The quantitative estimate of drug-likeness (QED) is 0.799.